The van der Waals surface area contributed by atoms with Gasteiger partial charge in [-0.25, -0.2) is 9.97 Å². The van der Waals surface area contributed by atoms with Gasteiger partial charge in [0.1, 0.15) is 21.4 Å². The zero-order valence-electron chi connectivity index (χ0n) is 18.6. The molecule has 4 aromatic heterocycles. The number of halogens is 4. The van der Waals surface area contributed by atoms with E-state index in [0.717, 1.165) is 45.3 Å². The normalized spacial score (nSPS) is 18.4. The van der Waals surface area contributed by atoms with Gasteiger partial charge in [0.05, 0.1) is 40.4 Å². The Hall–Kier alpha value is -3.27. The summed E-state index contributed by atoms with van der Waals surface area (Å²) in [6, 6.07) is 0. The van der Waals surface area contributed by atoms with E-state index in [-0.39, 0.29) is 53.4 Å². The van der Waals surface area contributed by atoms with E-state index < -0.39 is 40.8 Å². The fourth-order valence-electron chi connectivity index (χ4n) is 4.67. The number of carbonyl (C=O) groups is 5. The number of Topliss-reactive ketones (excluding diaryl/α,β-unsaturated/α-hetero) is 4. The highest BCUT2D eigenvalue weighted by Crippen LogP contribution is 2.53. The van der Waals surface area contributed by atoms with Crippen molar-refractivity contribution in [3.63, 3.8) is 0 Å². The molecule has 0 aromatic carbocycles. The summed E-state index contributed by atoms with van der Waals surface area (Å²) in [4.78, 5) is 71.0. The van der Waals surface area contributed by atoms with Crippen molar-refractivity contribution in [1.29, 1.82) is 0 Å². The Morgan fingerprint density at radius 2 is 0.895 bits per heavy atom. The Balaban J connectivity index is 1.31. The maximum Gasteiger partial charge on any atom is 0.372 e. The summed E-state index contributed by atoms with van der Waals surface area (Å²) in [5.74, 6) is -14.9. The van der Waals surface area contributed by atoms with E-state index in [9.17, 15) is 41.5 Å². The highest BCUT2D eigenvalue weighted by Gasteiger charge is 2.58. The first-order valence-electron chi connectivity index (χ1n) is 10.6. The van der Waals surface area contributed by atoms with Crippen molar-refractivity contribution in [2.45, 2.75) is 25.7 Å². The Kier molecular flexibility index (Phi) is 4.40. The zero-order valence-corrected chi connectivity index (χ0v) is 21.8. The standard InChI is InChI=1S/C23H6F4N2O5S4/c1-3-5-12(18(33)22(24,25)16(5)31)35-10(3)20-28-7-9(30)8-15(14(7)37-20)38-21(29-8)11-4(2)6-13(36-11)19(34)23(26,27)17(6)32/h1-2H3. The Morgan fingerprint density at radius 3 is 1.24 bits per heavy atom. The van der Waals surface area contributed by atoms with Gasteiger partial charge in [0.2, 0.25) is 17.3 Å². The average molecular weight is 595 g/mol. The molecule has 0 atom stereocenters. The summed E-state index contributed by atoms with van der Waals surface area (Å²) in [5.41, 5.74) is -0.147. The molecule has 0 saturated carbocycles. The molecule has 190 valence electrons. The number of fused-ring (bicyclic) bond motifs is 5. The summed E-state index contributed by atoms with van der Waals surface area (Å²) < 4.78 is 55.6. The maximum atomic E-state index is 13.9. The molecule has 0 fully saturated rings. The topological polar surface area (TPSA) is 111 Å². The molecule has 0 unspecified atom stereocenters. The first-order valence-corrected chi connectivity index (χ1v) is 13.8. The zero-order chi connectivity index (χ0) is 27.2. The molecular formula is C23H6F4N2O5S4. The molecule has 0 radical (unpaired) electrons. The molecule has 3 aliphatic carbocycles. The van der Waals surface area contributed by atoms with E-state index in [0.29, 0.717) is 19.5 Å². The molecular weight excluding hydrogens is 589 g/mol. The lowest BCUT2D eigenvalue weighted by Crippen LogP contribution is -2.30. The lowest BCUT2D eigenvalue weighted by molar-refractivity contribution is 0.0187. The Morgan fingerprint density at radius 1 is 0.526 bits per heavy atom. The minimum absolute atomic E-state index is 0.0802. The fraction of sp³-hybridized carbons (Fsp3) is 0.174. The smallest absolute Gasteiger partial charge is 0.287 e. The molecule has 15 heteroatoms. The van der Waals surface area contributed by atoms with Crippen LogP contribution in [0.25, 0.3) is 29.5 Å². The van der Waals surface area contributed by atoms with Crippen LogP contribution in [-0.4, -0.2) is 50.7 Å². The van der Waals surface area contributed by atoms with Crippen molar-refractivity contribution in [2.75, 3.05) is 0 Å². The summed E-state index contributed by atoms with van der Waals surface area (Å²) in [5, 5.41) is 0.545. The van der Waals surface area contributed by atoms with Gasteiger partial charge in [0.15, 0.2) is 0 Å². The van der Waals surface area contributed by atoms with E-state index in [1.54, 1.807) is 0 Å². The number of carbonyl (C=O) groups excluding carboxylic acids is 5. The summed E-state index contributed by atoms with van der Waals surface area (Å²) >= 11 is 3.58. The van der Waals surface area contributed by atoms with Gasteiger partial charge in [0.25, 0.3) is 11.6 Å². The number of alkyl halides is 4. The molecule has 0 spiro atoms. The molecule has 4 aromatic rings. The molecule has 0 amide bonds. The van der Waals surface area contributed by atoms with Crippen molar-refractivity contribution < 1.29 is 41.5 Å². The van der Waals surface area contributed by atoms with Gasteiger partial charge in [-0.1, -0.05) is 0 Å². The van der Waals surface area contributed by atoms with Crippen LogP contribution in [0.15, 0.2) is 0 Å². The number of ketones is 5. The van der Waals surface area contributed by atoms with Crippen LogP contribution < -0.4 is 0 Å². The molecule has 0 aliphatic heterocycles. The molecule has 4 heterocycles. The van der Waals surface area contributed by atoms with Crippen molar-refractivity contribution >= 4 is 74.3 Å². The Bertz CT molecular complexity index is 1770. The average Bonchev–Trinajstić information content (AvgIpc) is 3.68. The number of hydrogen-bond donors (Lipinski definition) is 0. The second-order valence-electron chi connectivity index (χ2n) is 8.71. The monoisotopic (exact) mass is 594 g/mol. The first-order chi connectivity index (χ1) is 17.8. The van der Waals surface area contributed by atoms with Crippen molar-refractivity contribution in [3.8, 4) is 29.5 Å². The molecule has 0 bridgehead atoms. The van der Waals surface area contributed by atoms with Gasteiger partial charge in [-0.05, 0) is 25.0 Å². The third-order valence-electron chi connectivity index (χ3n) is 6.58. The second-order valence-corrected chi connectivity index (χ2v) is 12.7. The lowest BCUT2D eigenvalue weighted by Gasteiger charge is -2.04. The van der Waals surface area contributed by atoms with E-state index in [1.807, 2.05) is 0 Å². The SMILES string of the molecule is Cc1c(-c2nc3c(s2)-c2sc(-c4sc5c(c4C)C(=O)C(F)(F)C5=O)nc2C3=O)sc2c1C(=O)C(F)(F)C2=O. The van der Waals surface area contributed by atoms with Gasteiger partial charge in [0, 0.05) is 0 Å². The summed E-state index contributed by atoms with van der Waals surface area (Å²) in [6.45, 7) is 2.87. The highest BCUT2D eigenvalue weighted by atomic mass is 32.1. The van der Waals surface area contributed by atoms with E-state index in [2.05, 4.69) is 9.97 Å². The minimum atomic E-state index is -4.09. The second kappa shape index (κ2) is 7.02. The van der Waals surface area contributed by atoms with Crippen LogP contribution >= 0.6 is 45.3 Å². The third kappa shape index (κ3) is 2.59. The molecule has 3 aliphatic rings. The fourth-order valence-corrected chi connectivity index (χ4v) is 9.74. The van der Waals surface area contributed by atoms with Crippen LogP contribution in [0.2, 0.25) is 0 Å². The van der Waals surface area contributed by atoms with Crippen molar-refractivity contribution in [3.05, 3.63) is 43.4 Å². The molecule has 38 heavy (non-hydrogen) atoms. The van der Waals surface area contributed by atoms with Gasteiger partial charge in [-0.3, -0.25) is 24.0 Å². The van der Waals surface area contributed by atoms with Gasteiger partial charge in [-0.15, -0.1) is 45.3 Å². The van der Waals surface area contributed by atoms with E-state index >= 15 is 0 Å². The largest absolute Gasteiger partial charge is 0.372 e. The molecule has 7 rings (SSSR count). The van der Waals surface area contributed by atoms with E-state index in [4.69, 9.17) is 0 Å². The predicted molar refractivity (Wildman–Crippen MR) is 130 cm³/mol. The minimum Gasteiger partial charge on any atom is -0.287 e. The molecule has 0 saturated heterocycles. The first kappa shape index (κ1) is 23.8. The number of thiophene rings is 2. The number of aromatic nitrogens is 2. The van der Waals surface area contributed by atoms with Crippen LogP contribution in [0.4, 0.5) is 17.6 Å². The quantitative estimate of drug-likeness (QED) is 0.184. The predicted octanol–water partition coefficient (Wildman–Crippen LogP) is 5.91. The highest BCUT2D eigenvalue weighted by molar-refractivity contribution is 7.29. The van der Waals surface area contributed by atoms with Crippen LogP contribution in [0.5, 0.6) is 0 Å². The van der Waals surface area contributed by atoms with Gasteiger partial charge >= 0.3 is 11.8 Å². The number of nitrogens with zero attached hydrogens (tertiary/aromatic N) is 2. The van der Waals surface area contributed by atoms with Gasteiger partial charge < -0.3 is 0 Å². The number of thiazole rings is 2. The van der Waals surface area contributed by atoms with Gasteiger partial charge in [-0.2, -0.15) is 17.6 Å². The summed E-state index contributed by atoms with van der Waals surface area (Å²) in [6.07, 6.45) is 0. The van der Waals surface area contributed by atoms with Crippen LogP contribution in [-0.2, 0) is 0 Å². The van der Waals surface area contributed by atoms with Crippen molar-refractivity contribution in [2.24, 2.45) is 0 Å². The van der Waals surface area contributed by atoms with Crippen molar-refractivity contribution in [1.82, 2.24) is 9.97 Å². The van der Waals surface area contributed by atoms with Crippen LogP contribution in [0, 0.1) is 13.8 Å². The van der Waals surface area contributed by atoms with Crippen LogP contribution in [0.1, 0.15) is 67.4 Å². The summed E-state index contributed by atoms with van der Waals surface area (Å²) in [7, 11) is 0. The maximum absolute atomic E-state index is 13.9. The molecule has 0 N–H and O–H groups in total. The number of hydrogen-bond acceptors (Lipinski definition) is 11. The number of rotatable bonds is 2. The molecule has 7 nitrogen and oxygen atoms in total. The van der Waals surface area contributed by atoms with Crippen LogP contribution in [0.3, 0.4) is 0 Å². The lowest BCUT2D eigenvalue weighted by atomic mass is 10.1. The van der Waals surface area contributed by atoms with E-state index in [1.165, 1.54) is 13.8 Å². The Labute approximate surface area is 223 Å². The third-order valence-corrected chi connectivity index (χ3v) is 11.7.